The second-order valence-corrected chi connectivity index (χ2v) is 7.94. The molecule has 1 aliphatic rings. The Morgan fingerprint density at radius 2 is 1.90 bits per heavy atom. The Kier molecular flexibility index (Phi) is 6.77. The molecule has 0 bridgehead atoms. The molecule has 30 heavy (non-hydrogen) atoms. The second-order valence-electron chi connectivity index (χ2n) is 7.94. The van der Waals surface area contributed by atoms with Gasteiger partial charge in [0.1, 0.15) is 11.6 Å². The number of hydrogen-bond acceptors (Lipinski definition) is 6. The molecule has 0 radical (unpaired) electrons. The van der Waals surface area contributed by atoms with Crippen LogP contribution in [0.4, 0.5) is 13.2 Å². The third kappa shape index (κ3) is 5.70. The molecule has 1 heterocycles. The van der Waals surface area contributed by atoms with E-state index in [9.17, 15) is 27.6 Å². The van der Waals surface area contributed by atoms with Crippen molar-refractivity contribution in [1.82, 2.24) is 10.2 Å². The first-order chi connectivity index (χ1) is 13.7. The van der Waals surface area contributed by atoms with Crippen molar-refractivity contribution in [2.45, 2.75) is 44.6 Å². The van der Waals surface area contributed by atoms with Crippen LogP contribution in [0.25, 0.3) is 0 Å². The zero-order valence-corrected chi connectivity index (χ0v) is 16.7. The SMILES string of the molecule is CC(C)(C)OC(=O)C(c1ccc(C(=O)O)cc1C(F)(F)F)N1CCNC(C(N)=O)C1. The molecule has 0 spiro atoms. The number of piperazine rings is 1. The van der Waals surface area contributed by atoms with Crippen molar-refractivity contribution in [3.8, 4) is 0 Å². The number of esters is 1. The van der Waals surface area contributed by atoms with Gasteiger partial charge in [-0.15, -0.1) is 0 Å². The fourth-order valence-corrected chi connectivity index (χ4v) is 3.20. The zero-order chi connectivity index (χ0) is 22.9. The summed E-state index contributed by atoms with van der Waals surface area (Å²) in [5.74, 6) is -3.18. The van der Waals surface area contributed by atoms with Crippen LogP contribution in [0, 0.1) is 0 Å². The Balaban J connectivity index is 2.60. The number of halogens is 3. The fourth-order valence-electron chi connectivity index (χ4n) is 3.20. The summed E-state index contributed by atoms with van der Waals surface area (Å²) in [5, 5.41) is 11.9. The Hall–Kier alpha value is -2.66. The molecule has 1 fully saturated rings. The predicted molar refractivity (Wildman–Crippen MR) is 99.5 cm³/mol. The van der Waals surface area contributed by atoms with Crippen molar-refractivity contribution in [2.24, 2.45) is 5.73 Å². The Labute approximate surface area is 171 Å². The van der Waals surface area contributed by atoms with Crippen LogP contribution in [0.15, 0.2) is 18.2 Å². The van der Waals surface area contributed by atoms with E-state index in [2.05, 4.69) is 5.32 Å². The molecule has 0 aliphatic carbocycles. The molecule has 1 aromatic carbocycles. The molecule has 4 N–H and O–H groups in total. The van der Waals surface area contributed by atoms with E-state index >= 15 is 0 Å². The van der Waals surface area contributed by atoms with E-state index in [4.69, 9.17) is 15.6 Å². The van der Waals surface area contributed by atoms with Gasteiger partial charge in [0.2, 0.25) is 5.91 Å². The minimum atomic E-state index is -4.92. The van der Waals surface area contributed by atoms with Crippen molar-refractivity contribution in [3.05, 3.63) is 34.9 Å². The topological polar surface area (TPSA) is 122 Å². The summed E-state index contributed by atoms with van der Waals surface area (Å²) in [6, 6.07) is 0.0761. The van der Waals surface area contributed by atoms with Crippen molar-refractivity contribution in [1.29, 1.82) is 0 Å². The number of carboxylic acid groups (broad SMARTS) is 1. The van der Waals surface area contributed by atoms with Crippen LogP contribution in [0.3, 0.4) is 0 Å². The van der Waals surface area contributed by atoms with Crippen LogP contribution in [0.5, 0.6) is 0 Å². The molecule has 1 aliphatic heterocycles. The molecule has 2 rings (SSSR count). The molecule has 166 valence electrons. The smallest absolute Gasteiger partial charge is 0.416 e. The largest absolute Gasteiger partial charge is 0.478 e. The first-order valence-electron chi connectivity index (χ1n) is 9.15. The van der Waals surface area contributed by atoms with E-state index in [0.717, 1.165) is 12.1 Å². The summed E-state index contributed by atoms with van der Waals surface area (Å²) in [6.45, 7) is 4.96. The van der Waals surface area contributed by atoms with E-state index in [0.29, 0.717) is 6.07 Å². The van der Waals surface area contributed by atoms with Gasteiger partial charge in [-0.1, -0.05) is 6.07 Å². The Bertz CT molecular complexity index is 836. The number of nitrogens with one attached hydrogen (secondary N) is 1. The van der Waals surface area contributed by atoms with Crippen molar-refractivity contribution in [2.75, 3.05) is 19.6 Å². The van der Waals surface area contributed by atoms with Crippen LogP contribution in [0.2, 0.25) is 0 Å². The van der Waals surface area contributed by atoms with E-state index in [1.54, 1.807) is 20.8 Å². The number of amides is 1. The van der Waals surface area contributed by atoms with Gasteiger partial charge in [-0.2, -0.15) is 13.2 Å². The molecule has 2 atom stereocenters. The average Bonchev–Trinajstić information content (AvgIpc) is 2.59. The molecule has 2 unspecified atom stereocenters. The quantitative estimate of drug-likeness (QED) is 0.605. The van der Waals surface area contributed by atoms with Gasteiger partial charge in [-0.25, -0.2) is 9.59 Å². The molecule has 1 saturated heterocycles. The maximum atomic E-state index is 13.8. The molecule has 0 aromatic heterocycles. The van der Waals surface area contributed by atoms with Crippen LogP contribution in [0.1, 0.15) is 48.3 Å². The molecule has 8 nitrogen and oxygen atoms in total. The molecule has 0 saturated carbocycles. The van der Waals surface area contributed by atoms with E-state index < -0.39 is 58.4 Å². The summed E-state index contributed by atoms with van der Waals surface area (Å²) in [6.07, 6.45) is -4.92. The highest BCUT2D eigenvalue weighted by Crippen LogP contribution is 2.38. The highest BCUT2D eigenvalue weighted by molar-refractivity contribution is 5.88. The number of ether oxygens (including phenoxy) is 1. The standard InChI is InChI=1S/C19H24F3N3O5/c1-18(2,3)30-17(29)14(25-7-6-24-13(9-25)15(23)26)11-5-4-10(16(27)28)8-12(11)19(20,21)22/h4-5,8,13-14,24H,6-7,9H2,1-3H3,(H2,23,26)(H,27,28). The third-order valence-electron chi connectivity index (χ3n) is 4.45. The highest BCUT2D eigenvalue weighted by atomic mass is 19.4. The molecule has 11 heteroatoms. The first kappa shape index (κ1) is 23.6. The van der Waals surface area contributed by atoms with Crippen LogP contribution >= 0.6 is 0 Å². The van der Waals surface area contributed by atoms with E-state index in [1.807, 2.05) is 0 Å². The van der Waals surface area contributed by atoms with Gasteiger partial charge in [0, 0.05) is 19.6 Å². The van der Waals surface area contributed by atoms with Gasteiger partial charge in [-0.05, 0) is 38.5 Å². The van der Waals surface area contributed by atoms with Crippen molar-refractivity contribution in [3.63, 3.8) is 0 Å². The number of nitrogens with two attached hydrogens (primary N) is 1. The number of benzene rings is 1. The average molecular weight is 431 g/mol. The van der Waals surface area contributed by atoms with Crippen LogP contribution < -0.4 is 11.1 Å². The summed E-state index contributed by atoms with van der Waals surface area (Å²) in [5.41, 5.74) is 2.05. The number of carbonyl (C=O) groups excluding carboxylic acids is 2. The fraction of sp³-hybridized carbons (Fsp3) is 0.526. The number of rotatable bonds is 5. The number of nitrogens with zero attached hydrogens (tertiary/aromatic N) is 1. The molecule has 1 amide bonds. The zero-order valence-electron chi connectivity index (χ0n) is 16.7. The monoisotopic (exact) mass is 431 g/mol. The number of carbonyl (C=O) groups is 3. The normalized spacial score (nSPS) is 19.2. The molecular formula is C19H24F3N3O5. The molecule has 1 aromatic rings. The summed E-state index contributed by atoms with van der Waals surface area (Å²) in [7, 11) is 0. The lowest BCUT2D eigenvalue weighted by Gasteiger charge is -2.38. The van der Waals surface area contributed by atoms with Gasteiger partial charge < -0.3 is 20.9 Å². The summed E-state index contributed by atoms with van der Waals surface area (Å²) >= 11 is 0. The number of alkyl halides is 3. The maximum Gasteiger partial charge on any atom is 0.416 e. The number of aromatic carboxylic acids is 1. The lowest BCUT2D eigenvalue weighted by atomic mass is 9.95. The Morgan fingerprint density at radius 3 is 2.40 bits per heavy atom. The third-order valence-corrected chi connectivity index (χ3v) is 4.45. The summed E-state index contributed by atoms with van der Waals surface area (Å²) < 4.78 is 46.7. The molecular weight excluding hydrogens is 407 g/mol. The van der Waals surface area contributed by atoms with Gasteiger partial charge in [-0.3, -0.25) is 9.69 Å². The highest BCUT2D eigenvalue weighted by Gasteiger charge is 2.42. The summed E-state index contributed by atoms with van der Waals surface area (Å²) in [4.78, 5) is 37.1. The van der Waals surface area contributed by atoms with E-state index in [1.165, 1.54) is 4.90 Å². The van der Waals surface area contributed by atoms with Gasteiger partial charge in [0.05, 0.1) is 17.2 Å². The lowest BCUT2D eigenvalue weighted by molar-refractivity contribution is -0.163. The van der Waals surface area contributed by atoms with Gasteiger partial charge >= 0.3 is 18.1 Å². The lowest BCUT2D eigenvalue weighted by Crippen LogP contribution is -2.58. The maximum absolute atomic E-state index is 13.8. The van der Waals surface area contributed by atoms with Crippen LogP contribution in [-0.4, -0.2) is 59.1 Å². The van der Waals surface area contributed by atoms with Gasteiger partial charge in [0.15, 0.2) is 0 Å². The van der Waals surface area contributed by atoms with Crippen LogP contribution in [-0.2, 0) is 20.5 Å². The predicted octanol–water partition coefficient (Wildman–Crippen LogP) is 1.55. The first-order valence-corrected chi connectivity index (χ1v) is 9.15. The second kappa shape index (κ2) is 8.60. The Morgan fingerprint density at radius 1 is 1.27 bits per heavy atom. The number of hydrogen-bond donors (Lipinski definition) is 3. The minimum absolute atomic E-state index is 0.114. The number of primary amides is 1. The number of carboxylic acids is 1. The van der Waals surface area contributed by atoms with Crippen molar-refractivity contribution < 1.29 is 37.4 Å². The van der Waals surface area contributed by atoms with Crippen molar-refractivity contribution >= 4 is 17.8 Å². The van der Waals surface area contributed by atoms with E-state index in [-0.39, 0.29) is 19.6 Å². The minimum Gasteiger partial charge on any atom is -0.478 e. The van der Waals surface area contributed by atoms with Gasteiger partial charge in [0.25, 0.3) is 0 Å².